The number of hydrogen-bond acceptors (Lipinski definition) is 7. The maximum atomic E-state index is 12.7. The molecule has 4 aromatic rings. The molecule has 0 saturated carbocycles. The van der Waals surface area contributed by atoms with Crippen molar-refractivity contribution >= 4 is 50.2 Å². The van der Waals surface area contributed by atoms with Crippen molar-refractivity contribution < 1.29 is 9.59 Å². The number of carbonyl (C=O) groups is 2. The highest BCUT2D eigenvalue weighted by molar-refractivity contribution is 7.21. The number of piperidine rings is 1. The van der Waals surface area contributed by atoms with Crippen LogP contribution in [0.4, 0.5) is 5.69 Å². The summed E-state index contributed by atoms with van der Waals surface area (Å²) in [5, 5.41) is 8.64. The van der Waals surface area contributed by atoms with Gasteiger partial charge in [0.2, 0.25) is 0 Å². The molecule has 0 bridgehead atoms. The van der Waals surface area contributed by atoms with E-state index >= 15 is 0 Å². The Hall–Kier alpha value is -3.36. The van der Waals surface area contributed by atoms with Crippen LogP contribution in [0.1, 0.15) is 41.0 Å². The van der Waals surface area contributed by atoms with E-state index < -0.39 is 0 Å². The van der Waals surface area contributed by atoms with Gasteiger partial charge < -0.3 is 15.4 Å². The van der Waals surface area contributed by atoms with Crippen LogP contribution in [0.3, 0.4) is 0 Å². The Labute approximate surface area is 207 Å². The number of anilines is 1. The van der Waals surface area contributed by atoms with Crippen molar-refractivity contribution in [3.8, 4) is 11.3 Å². The van der Waals surface area contributed by atoms with E-state index in [2.05, 4.69) is 39.8 Å². The number of aromatic nitrogens is 2. The van der Waals surface area contributed by atoms with Gasteiger partial charge in [0.15, 0.2) is 0 Å². The Balaban J connectivity index is 1.30. The third kappa shape index (κ3) is 4.06. The second-order valence-corrected chi connectivity index (χ2v) is 10.5. The average molecular weight is 486 g/mol. The van der Waals surface area contributed by atoms with E-state index in [4.69, 9.17) is 9.97 Å². The first-order valence-corrected chi connectivity index (χ1v) is 13.0. The SMILES string of the molecule is C[C@@H]1CNc2c(sc3ccc4nc(-c5ccc(C6CCN(CC=O)CC6)nc5)ccc4c23)C(=O)N1. The van der Waals surface area contributed by atoms with Crippen molar-refractivity contribution in [2.45, 2.75) is 31.7 Å². The highest BCUT2D eigenvalue weighted by Gasteiger charge is 2.25. The molecule has 8 heteroatoms. The molecule has 6 rings (SSSR count). The standard InChI is InChI=1S/C27H27N5O2S/c1-16-14-29-25-24-19-3-5-21(31-22(19)6-7-23(24)35-26(25)27(34)30-16)18-2-4-20(28-15-18)17-8-10-32(11-9-17)12-13-33/h2-7,13,15-17,29H,8-12,14H2,1H3,(H,30,34)/t16-/m1/s1. The number of rotatable bonds is 4. The molecule has 35 heavy (non-hydrogen) atoms. The summed E-state index contributed by atoms with van der Waals surface area (Å²) < 4.78 is 1.08. The lowest BCUT2D eigenvalue weighted by atomic mass is 9.92. The first-order valence-electron chi connectivity index (χ1n) is 12.1. The van der Waals surface area contributed by atoms with Gasteiger partial charge in [0.1, 0.15) is 11.2 Å². The number of fused-ring (bicyclic) bond motifs is 5. The van der Waals surface area contributed by atoms with Gasteiger partial charge in [0.25, 0.3) is 5.91 Å². The fourth-order valence-electron chi connectivity index (χ4n) is 5.20. The quantitative estimate of drug-likeness (QED) is 0.416. The summed E-state index contributed by atoms with van der Waals surface area (Å²) in [5.74, 6) is 0.420. The van der Waals surface area contributed by atoms with Gasteiger partial charge in [-0.25, -0.2) is 4.98 Å². The lowest BCUT2D eigenvalue weighted by Crippen LogP contribution is -2.34. The Bertz CT molecular complexity index is 1420. The van der Waals surface area contributed by atoms with E-state index in [1.165, 1.54) is 11.3 Å². The molecule has 1 amide bonds. The molecule has 2 N–H and O–H groups in total. The molecule has 0 aliphatic carbocycles. The molecule has 0 unspecified atom stereocenters. The van der Waals surface area contributed by atoms with Gasteiger partial charge in [-0.05, 0) is 69.3 Å². The predicted octanol–water partition coefficient (Wildman–Crippen LogP) is 4.43. The number of carbonyl (C=O) groups excluding carboxylic acids is 2. The predicted molar refractivity (Wildman–Crippen MR) is 140 cm³/mol. The van der Waals surface area contributed by atoms with Crippen LogP contribution in [0, 0.1) is 0 Å². The lowest BCUT2D eigenvalue weighted by molar-refractivity contribution is -0.109. The van der Waals surface area contributed by atoms with E-state index in [1.807, 2.05) is 25.3 Å². The third-order valence-electron chi connectivity index (χ3n) is 7.11. The van der Waals surface area contributed by atoms with Gasteiger partial charge in [0, 0.05) is 51.4 Å². The topological polar surface area (TPSA) is 87.2 Å². The Morgan fingerprint density at radius 3 is 2.77 bits per heavy atom. The largest absolute Gasteiger partial charge is 0.381 e. The van der Waals surface area contributed by atoms with Crippen LogP contribution < -0.4 is 10.6 Å². The molecule has 0 spiro atoms. The molecule has 0 radical (unpaired) electrons. The summed E-state index contributed by atoms with van der Waals surface area (Å²) in [7, 11) is 0. The minimum absolute atomic E-state index is 0.0167. The van der Waals surface area contributed by atoms with Gasteiger partial charge in [-0.1, -0.05) is 0 Å². The molecule has 1 saturated heterocycles. The molecular weight excluding hydrogens is 458 g/mol. The molecule has 2 aliphatic rings. The summed E-state index contributed by atoms with van der Waals surface area (Å²) in [5.41, 5.74) is 4.81. The van der Waals surface area contributed by atoms with Crippen molar-refractivity contribution in [1.29, 1.82) is 0 Å². The third-order valence-corrected chi connectivity index (χ3v) is 8.27. The molecule has 1 aromatic carbocycles. The highest BCUT2D eigenvalue weighted by atomic mass is 32.1. The number of amides is 1. The smallest absolute Gasteiger partial charge is 0.263 e. The minimum atomic E-state index is -0.0167. The molecule has 7 nitrogen and oxygen atoms in total. The van der Waals surface area contributed by atoms with Gasteiger partial charge in [-0.2, -0.15) is 0 Å². The molecule has 1 atom stereocenters. The Morgan fingerprint density at radius 1 is 1.14 bits per heavy atom. The summed E-state index contributed by atoms with van der Waals surface area (Å²) in [6.07, 6.45) is 4.96. The van der Waals surface area contributed by atoms with Crippen molar-refractivity contribution in [3.63, 3.8) is 0 Å². The number of benzene rings is 1. The summed E-state index contributed by atoms with van der Waals surface area (Å²) >= 11 is 1.52. The van der Waals surface area contributed by atoms with Crippen LogP contribution in [0.2, 0.25) is 0 Å². The van der Waals surface area contributed by atoms with Crippen LogP contribution in [0.25, 0.3) is 32.2 Å². The van der Waals surface area contributed by atoms with Crippen LogP contribution in [-0.4, -0.2) is 59.3 Å². The van der Waals surface area contributed by atoms with Crippen molar-refractivity contribution in [2.75, 3.05) is 31.5 Å². The van der Waals surface area contributed by atoms with Crippen LogP contribution in [0.15, 0.2) is 42.6 Å². The molecule has 5 heterocycles. The van der Waals surface area contributed by atoms with Gasteiger partial charge in [0.05, 0.1) is 23.4 Å². The van der Waals surface area contributed by atoms with Crippen LogP contribution >= 0.6 is 11.3 Å². The molecule has 2 aliphatic heterocycles. The average Bonchev–Trinajstić information content (AvgIpc) is 3.21. The second kappa shape index (κ2) is 9.02. The van der Waals surface area contributed by atoms with Gasteiger partial charge in [-0.3, -0.25) is 14.7 Å². The molecule has 3 aromatic heterocycles. The first-order chi connectivity index (χ1) is 17.1. The van der Waals surface area contributed by atoms with Gasteiger partial charge >= 0.3 is 0 Å². The number of pyridine rings is 2. The minimum Gasteiger partial charge on any atom is -0.381 e. The van der Waals surface area contributed by atoms with Crippen LogP contribution in [-0.2, 0) is 4.79 Å². The maximum Gasteiger partial charge on any atom is 0.263 e. The van der Waals surface area contributed by atoms with Crippen molar-refractivity contribution in [2.24, 2.45) is 0 Å². The Kier molecular flexibility index (Phi) is 5.70. The maximum absolute atomic E-state index is 12.7. The van der Waals surface area contributed by atoms with E-state index in [-0.39, 0.29) is 11.9 Å². The zero-order chi connectivity index (χ0) is 23.9. The number of thiophene rings is 1. The zero-order valence-electron chi connectivity index (χ0n) is 19.6. The number of hydrogen-bond donors (Lipinski definition) is 2. The number of nitrogens with one attached hydrogen (secondary N) is 2. The summed E-state index contributed by atoms with van der Waals surface area (Å²) in [4.78, 5) is 36.1. The van der Waals surface area contributed by atoms with E-state index in [0.29, 0.717) is 19.0 Å². The normalized spacial score (nSPS) is 19.2. The van der Waals surface area contributed by atoms with Crippen LogP contribution in [0.5, 0.6) is 0 Å². The zero-order valence-corrected chi connectivity index (χ0v) is 20.4. The van der Waals surface area contributed by atoms with E-state index in [0.717, 1.165) is 80.7 Å². The fraction of sp³-hybridized carbons (Fsp3) is 0.333. The Morgan fingerprint density at radius 2 is 2.00 bits per heavy atom. The molecule has 178 valence electrons. The molecular formula is C27H27N5O2S. The fourth-order valence-corrected chi connectivity index (χ4v) is 6.30. The number of likely N-dealkylation sites (tertiary alicyclic amines) is 1. The van der Waals surface area contributed by atoms with Crippen molar-refractivity contribution in [1.82, 2.24) is 20.2 Å². The summed E-state index contributed by atoms with van der Waals surface area (Å²) in [6.45, 7) is 5.10. The highest BCUT2D eigenvalue weighted by Crippen LogP contribution is 2.41. The number of aldehydes is 1. The number of nitrogens with zero attached hydrogens (tertiary/aromatic N) is 3. The first kappa shape index (κ1) is 22.1. The van der Waals surface area contributed by atoms with E-state index in [9.17, 15) is 9.59 Å². The molecule has 1 fully saturated rings. The van der Waals surface area contributed by atoms with E-state index in [1.54, 1.807) is 0 Å². The van der Waals surface area contributed by atoms with Crippen molar-refractivity contribution in [3.05, 3.63) is 53.2 Å². The lowest BCUT2D eigenvalue weighted by Gasteiger charge is -2.30. The summed E-state index contributed by atoms with van der Waals surface area (Å²) in [6, 6.07) is 12.5. The van der Waals surface area contributed by atoms with Gasteiger partial charge in [-0.15, -0.1) is 11.3 Å². The monoisotopic (exact) mass is 485 g/mol. The second-order valence-electron chi connectivity index (χ2n) is 9.48.